The summed E-state index contributed by atoms with van der Waals surface area (Å²) in [5.74, 6) is 1.34. The van der Waals surface area contributed by atoms with Crippen molar-refractivity contribution in [2.24, 2.45) is 5.10 Å². The van der Waals surface area contributed by atoms with E-state index in [-0.39, 0.29) is 5.75 Å². The normalized spacial score (nSPS) is 17.3. The number of piperazine rings is 1. The maximum Gasteiger partial charge on any atom is 0.246 e. The predicted octanol–water partition coefficient (Wildman–Crippen LogP) is 2.88. The number of fused-ring (bicyclic) bond motifs is 1. The van der Waals surface area contributed by atoms with Gasteiger partial charge in [0.15, 0.2) is 5.82 Å². The number of anilines is 3. The van der Waals surface area contributed by atoms with Gasteiger partial charge in [-0.25, -0.2) is 18.8 Å². The third kappa shape index (κ3) is 6.32. The van der Waals surface area contributed by atoms with Crippen molar-refractivity contribution in [1.29, 1.82) is 0 Å². The minimum absolute atomic E-state index is 0.176. The van der Waals surface area contributed by atoms with Crippen molar-refractivity contribution in [2.75, 3.05) is 74.0 Å². The van der Waals surface area contributed by atoms with E-state index in [2.05, 4.69) is 26.9 Å². The Kier molecular flexibility index (Phi) is 8.03. The van der Waals surface area contributed by atoms with E-state index in [4.69, 9.17) is 14.7 Å². The van der Waals surface area contributed by atoms with E-state index in [1.165, 1.54) is 10.6 Å². The quantitative estimate of drug-likeness (QED) is 0.239. The van der Waals surface area contributed by atoms with Crippen molar-refractivity contribution < 1.29 is 18.3 Å². The first-order valence-electron chi connectivity index (χ1n) is 12.8. The number of phenols is 1. The summed E-state index contributed by atoms with van der Waals surface area (Å²) in [6, 6.07) is 7.57. The Morgan fingerprint density at radius 1 is 1.18 bits per heavy atom. The second kappa shape index (κ2) is 11.5. The van der Waals surface area contributed by atoms with Gasteiger partial charge in [0.25, 0.3) is 0 Å². The molecular weight excluding hydrogens is 538 g/mol. The highest BCUT2D eigenvalue weighted by Gasteiger charge is 2.26. The number of benzene rings is 1. The summed E-state index contributed by atoms with van der Waals surface area (Å²) in [4.78, 5) is 13.9. The first-order valence-corrected chi connectivity index (χ1v) is 15.4. The lowest BCUT2D eigenvalue weighted by atomic mass is 10.0. The molecule has 1 aromatic carbocycles. The van der Waals surface area contributed by atoms with Crippen LogP contribution in [0.4, 0.5) is 16.8 Å². The molecule has 0 unspecified atom stereocenters. The maximum absolute atomic E-state index is 11.9. The molecule has 0 saturated carbocycles. The highest BCUT2D eigenvalue weighted by atomic mass is 32.2. The molecule has 2 N–H and O–H groups in total. The summed E-state index contributed by atoms with van der Waals surface area (Å²) in [5.41, 5.74) is 6.07. The number of para-hydroxylation sites is 1. The van der Waals surface area contributed by atoms with Gasteiger partial charge in [-0.2, -0.15) is 14.4 Å². The number of thiophene rings is 1. The minimum atomic E-state index is -3.19. The lowest BCUT2D eigenvalue weighted by molar-refractivity contribution is 0.122. The van der Waals surface area contributed by atoms with Crippen LogP contribution in [0.25, 0.3) is 10.2 Å². The number of aromatic hydroxyl groups is 1. The molecule has 4 heterocycles. The molecule has 2 saturated heterocycles. The molecule has 13 heteroatoms. The number of ether oxygens (including phenoxy) is 1. The molecular formula is C26H33N7O4S2. The Morgan fingerprint density at radius 2 is 1.92 bits per heavy atom. The summed E-state index contributed by atoms with van der Waals surface area (Å²) in [5, 5.41) is 16.0. The molecule has 0 amide bonds. The number of rotatable bonds is 8. The third-order valence-corrected chi connectivity index (χ3v) is 9.17. The van der Waals surface area contributed by atoms with E-state index < -0.39 is 10.0 Å². The molecule has 5 rings (SSSR count). The molecule has 3 aromatic rings. The van der Waals surface area contributed by atoms with Crippen molar-refractivity contribution in [3.05, 3.63) is 47.5 Å². The van der Waals surface area contributed by atoms with Crippen LogP contribution in [0.1, 0.15) is 18.1 Å². The number of morpholine rings is 1. The fourth-order valence-electron chi connectivity index (χ4n) is 4.68. The second-order valence-electron chi connectivity index (χ2n) is 9.78. The number of nitrogens with one attached hydrogen (secondary N) is 1. The molecule has 11 nitrogen and oxygen atoms in total. The van der Waals surface area contributed by atoms with Crippen LogP contribution in [0.2, 0.25) is 0 Å². The van der Waals surface area contributed by atoms with Gasteiger partial charge < -0.3 is 19.6 Å². The second-order valence-corrected chi connectivity index (χ2v) is 12.8. The maximum atomic E-state index is 11.9. The van der Waals surface area contributed by atoms with Crippen LogP contribution in [0.3, 0.4) is 0 Å². The number of aromatic nitrogens is 2. The van der Waals surface area contributed by atoms with Crippen molar-refractivity contribution in [3.8, 4) is 5.75 Å². The van der Waals surface area contributed by atoms with Gasteiger partial charge in [-0.05, 0) is 31.0 Å². The zero-order valence-corrected chi connectivity index (χ0v) is 23.8. The fourth-order valence-corrected chi connectivity index (χ4v) is 6.67. The average molecular weight is 572 g/mol. The first-order chi connectivity index (χ1) is 18.7. The van der Waals surface area contributed by atoms with Gasteiger partial charge >= 0.3 is 0 Å². The lowest BCUT2D eigenvalue weighted by Crippen LogP contribution is -2.48. The molecule has 0 spiro atoms. The van der Waals surface area contributed by atoms with Crippen LogP contribution >= 0.6 is 11.3 Å². The van der Waals surface area contributed by atoms with Gasteiger partial charge in [0, 0.05) is 44.8 Å². The van der Waals surface area contributed by atoms with Crippen LogP contribution in [0.15, 0.2) is 41.5 Å². The number of sulfonamides is 1. The van der Waals surface area contributed by atoms with E-state index in [0.717, 1.165) is 45.3 Å². The van der Waals surface area contributed by atoms with Gasteiger partial charge in [-0.3, -0.25) is 0 Å². The number of nitrogens with zero attached hydrogens (tertiary/aromatic N) is 6. The Labute approximate surface area is 232 Å². The van der Waals surface area contributed by atoms with Crippen molar-refractivity contribution in [3.63, 3.8) is 0 Å². The number of phenolic OH excluding ortho intramolecular Hbond substituents is 1. The number of hydrazone groups is 1. The Bertz CT molecular complexity index is 1490. The average Bonchev–Trinajstić information content (AvgIpc) is 3.34. The number of allylic oxidation sites excluding steroid dienone is 1. The van der Waals surface area contributed by atoms with Gasteiger partial charge in [-0.1, -0.05) is 24.3 Å². The van der Waals surface area contributed by atoms with Gasteiger partial charge in [0.2, 0.25) is 16.0 Å². The molecule has 0 radical (unpaired) electrons. The summed E-state index contributed by atoms with van der Waals surface area (Å²) in [7, 11) is -3.19. The molecule has 0 bridgehead atoms. The van der Waals surface area contributed by atoms with Crippen LogP contribution < -0.4 is 15.2 Å². The molecule has 2 aliphatic heterocycles. The lowest BCUT2D eigenvalue weighted by Gasteiger charge is -2.33. The van der Waals surface area contributed by atoms with Crippen LogP contribution in [0.5, 0.6) is 5.75 Å². The molecule has 2 fully saturated rings. The predicted molar refractivity (Wildman–Crippen MR) is 157 cm³/mol. The van der Waals surface area contributed by atoms with E-state index in [1.807, 2.05) is 25.1 Å². The fraction of sp³-hybridized carbons (Fsp3) is 0.423. The molecule has 0 atom stereocenters. The summed E-state index contributed by atoms with van der Waals surface area (Å²) >= 11 is 1.61. The molecule has 2 aliphatic rings. The van der Waals surface area contributed by atoms with Crippen molar-refractivity contribution in [1.82, 2.24) is 14.3 Å². The van der Waals surface area contributed by atoms with E-state index >= 15 is 0 Å². The molecule has 0 aliphatic carbocycles. The first kappa shape index (κ1) is 27.3. The van der Waals surface area contributed by atoms with Gasteiger partial charge in [0.05, 0.1) is 40.9 Å². The van der Waals surface area contributed by atoms with Gasteiger partial charge in [-0.15, -0.1) is 11.3 Å². The number of hydrogen-bond donors (Lipinski definition) is 2. The molecule has 2 aromatic heterocycles. The van der Waals surface area contributed by atoms with Gasteiger partial charge in [0.1, 0.15) is 5.75 Å². The smallest absolute Gasteiger partial charge is 0.246 e. The largest absolute Gasteiger partial charge is 0.507 e. The Hall–Kier alpha value is -3.26. The van der Waals surface area contributed by atoms with E-state index in [9.17, 15) is 13.5 Å². The van der Waals surface area contributed by atoms with Crippen LogP contribution in [-0.4, -0.2) is 92.8 Å². The Morgan fingerprint density at radius 3 is 2.62 bits per heavy atom. The summed E-state index contributed by atoms with van der Waals surface area (Å²) < 4.78 is 31.9. The van der Waals surface area contributed by atoms with Crippen molar-refractivity contribution >= 4 is 54.6 Å². The third-order valence-electron chi connectivity index (χ3n) is 6.68. The molecule has 39 heavy (non-hydrogen) atoms. The highest BCUT2D eigenvalue weighted by Crippen LogP contribution is 2.38. The van der Waals surface area contributed by atoms with Crippen LogP contribution in [0, 0.1) is 0 Å². The topological polar surface area (TPSA) is 123 Å². The van der Waals surface area contributed by atoms with E-state index in [0.29, 0.717) is 57.3 Å². The van der Waals surface area contributed by atoms with E-state index in [1.54, 1.807) is 23.6 Å². The standard InChI is InChI=1S/C26H33N7O4S2/c1-18(2)15-19-5-4-6-20(23(19)34)17-27-30-26-28-21-16-22(31-7-9-33(10-8-31)39(3,35)36)38-24(21)25(29-26)32-11-13-37-14-12-32/h4-6,16-17,34H,1,7-15H2,2-3H3,(H,28,29,30)/b27-17+. The monoisotopic (exact) mass is 571 g/mol. The van der Waals surface area contributed by atoms with Crippen LogP contribution in [-0.2, 0) is 21.2 Å². The number of hydrogen-bond acceptors (Lipinski definition) is 11. The summed E-state index contributed by atoms with van der Waals surface area (Å²) in [6.07, 6.45) is 3.40. The van der Waals surface area contributed by atoms with Crippen molar-refractivity contribution in [2.45, 2.75) is 13.3 Å². The zero-order valence-electron chi connectivity index (χ0n) is 22.1. The summed E-state index contributed by atoms with van der Waals surface area (Å²) in [6.45, 7) is 10.7. The Balaban J connectivity index is 1.41. The molecule has 208 valence electrons. The minimum Gasteiger partial charge on any atom is -0.507 e. The zero-order chi connectivity index (χ0) is 27.6. The SMILES string of the molecule is C=C(C)Cc1cccc(/C=N/Nc2nc(N3CCOCC3)c3sc(N4CCN(S(C)(=O)=O)CC4)cc3n2)c1O. The highest BCUT2D eigenvalue weighted by molar-refractivity contribution is 7.88.